The number of likely N-dealkylation sites (tertiary alicyclic amines) is 1. The van der Waals surface area contributed by atoms with Crippen molar-refractivity contribution in [1.82, 2.24) is 9.80 Å². The maximum atomic E-state index is 13.2. The summed E-state index contributed by atoms with van der Waals surface area (Å²) in [6, 6.07) is 6.43. The molecular formula is C17H25FN2O2. The fourth-order valence-corrected chi connectivity index (χ4v) is 2.96. The number of carbonyl (C=O) groups is 1. The van der Waals surface area contributed by atoms with Gasteiger partial charge in [-0.3, -0.25) is 4.79 Å². The van der Waals surface area contributed by atoms with Gasteiger partial charge < -0.3 is 14.9 Å². The lowest BCUT2D eigenvalue weighted by molar-refractivity contribution is -0.135. The molecule has 22 heavy (non-hydrogen) atoms. The standard InChI is InChI=1S/C17H25FN2O2/c1-12-9-15(7-8-19(12)2)20(3)17(22)11-16(21)13-5-4-6-14(18)10-13/h4-6,10,12,15-16,21H,7-9,11H2,1-3H3. The molecule has 3 atom stereocenters. The zero-order valence-electron chi connectivity index (χ0n) is 13.5. The van der Waals surface area contributed by atoms with Gasteiger partial charge in [0.25, 0.3) is 0 Å². The largest absolute Gasteiger partial charge is 0.388 e. The fraction of sp³-hybridized carbons (Fsp3) is 0.588. The van der Waals surface area contributed by atoms with Crippen LogP contribution in [0, 0.1) is 5.82 Å². The van der Waals surface area contributed by atoms with Crippen molar-refractivity contribution < 1.29 is 14.3 Å². The highest BCUT2D eigenvalue weighted by Crippen LogP contribution is 2.23. The van der Waals surface area contributed by atoms with Gasteiger partial charge in [-0.2, -0.15) is 0 Å². The van der Waals surface area contributed by atoms with E-state index in [1.54, 1.807) is 24.1 Å². The maximum Gasteiger partial charge on any atom is 0.225 e. The van der Waals surface area contributed by atoms with E-state index in [1.807, 2.05) is 0 Å². The summed E-state index contributed by atoms with van der Waals surface area (Å²) in [5.74, 6) is -0.500. The Kier molecular flexibility index (Phi) is 5.53. The molecule has 3 unspecified atom stereocenters. The zero-order valence-corrected chi connectivity index (χ0v) is 13.5. The number of nitrogens with zero attached hydrogens (tertiary/aromatic N) is 2. The van der Waals surface area contributed by atoms with Gasteiger partial charge in [0.15, 0.2) is 0 Å². The highest BCUT2D eigenvalue weighted by atomic mass is 19.1. The lowest BCUT2D eigenvalue weighted by atomic mass is 9.97. The van der Waals surface area contributed by atoms with E-state index < -0.39 is 11.9 Å². The smallest absolute Gasteiger partial charge is 0.225 e. The van der Waals surface area contributed by atoms with Gasteiger partial charge >= 0.3 is 0 Å². The molecule has 0 aliphatic carbocycles. The molecule has 0 saturated carbocycles. The Morgan fingerprint density at radius 3 is 2.91 bits per heavy atom. The van der Waals surface area contributed by atoms with Gasteiger partial charge in [0.2, 0.25) is 5.91 Å². The van der Waals surface area contributed by atoms with Crippen molar-refractivity contribution in [2.75, 3.05) is 20.6 Å². The molecule has 2 rings (SSSR count). The zero-order chi connectivity index (χ0) is 16.3. The molecule has 1 N–H and O–H groups in total. The number of piperidine rings is 1. The van der Waals surface area contributed by atoms with E-state index in [4.69, 9.17) is 0 Å². The summed E-state index contributed by atoms with van der Waals surface area (Å²) >= 11 is 0. The molecule has 1 aromatic carbocycles. The van der Waals surface area contributed by atoms with Crippen LogP contribution in [0.4, 0.5) is 4.39 Å². The Labute approximate surface area is 131 Å². The fourth-order valence-electron chi connectivity index (χ4n) is 2.96. The van der Waals surface area contributed by atoms with E-state index in [0.29, 0.717) is 11.6 Å². The van der Waals surface area contributed by atoms with Crippen LogP contribution in [0.15, 0.2) is 24.3 Å². The van der Waals surface area contributed by atoms with Gasteiger partial charge in [0.1, 0.15) is 5.82 Å². The first-order valence-electron chi connectivity index (χ1n) is 7.78. The van der Waals surface area contributed by atoms with Crippen molar-refractivity contribution in [3.63, 3.8) is 0 Å². The van der Waals surface area contributed by atoms with Crippen LogP contribution in [0.2, 0.25) is 0 Å². The Morgan fingerprint density at radius 2 is 2.27 bits per heavy atom. The number of rotatable bonds is 4. The van der Waals surface area contributed by atoms with Gasteiger partial charge in [-0.25, -0.2) is 4.39 Å². The van der Waals surface area contributed by atoms with Crippen LogP contribution < -0.4 is 0 Å². The molecule has 1 fully saturated rings. The summed E-state index contributed by atoms with van der Waals surface area (Å²) in [6.07, 6.45) is 0.906. The number of benzene rings is 1. The molecule has 1 saturated heterocycles. The highest BCUT2D eigenvalue weighted by Gasteiger charge is 2.28. The van der Waals surface area contributed by atoms with Gasteiger partial charge in [0, 0.05) is 25.7 Å². The van der Waals surface area contributed by atoms with Crippen molar-refractivity contribution in [1.29, 1.82) is 0 Å². The third-order valence-corrected chi connectivity index (χ3v) is 4.72. The van der Waals surface area contributed by atoms with Crippen molar-refractivity contribution in [2.24, 2.45) is 0 Å². The minimum atomic E-state index is -0.964. The van der Waals surface area contributed by atoms with Crippen LogP contribution in [0.1, 0.15) is 37.9 Å². The number of amides is 1. The minimum absolute atomic E-state index is 0.0132. The summed E-state index contributed by atoms with van der Waals surface area (Å²) in [5.41, 5.74) is 0.443. The first-order valence-corrected chi connectivity index (χ1v) is 7.78. The van der Waals surface area contributed by atoms with Crippen molar-refractivity contribution in [2.45, 2.75) is 44.4 Å². The lowest BCUT2D eigenvalue weighted by Crippen LogP contribution is -2.48. The molecule has 5 heteroatoms. The van der Waals surface area contributed by atoms with E-state index in [0.717, 1.165) is 19.4 Å². The summed E-state index contributed by atoms with van der Waals surface area (Å²) in [4.78, 5) is 16.4. The quantitative estimate of drug-likeness (QED) is 0.927. The average Bonchev–Trinajstić information content (AvgIpc) is 2.49. The molecule has 0 spiro atoms. The second-order valence-electron chi connectivity index (χ2n) is 6.29. The first-order chi connectivity index (χ1) is 10.4. The van der Waals surface area contributed by atoms with E-state index in [-0.39, 0.29) is 18.4 Å². The average molecular weight is 308 g/mol. The number of halogens is 1. The molecule has 0 radical (unpaired) electrons. The lowest BCUT2D eigenvalue weighted by Gasteiger charge is -2.39. The number of hydrogen-bond acceptors (Lipinski definition) is 3. The van der Waals surface area contributed by atoms with E-state index >= 15 is 0 Å². The molecule has 4 nitrogen and oxygen atoms in total. The SMILES string of the molecule is CC1CC(N(C)C(=O)CC(O)c2cccc(F)c2)CCN1C. The second-order valence-corrected chi connectivity index (χ2v) is 6.29. The van der Waals surface area contributed by atoms with Gasteiger partial charge in [0.05, 0.1) is 12.5 Å². The number of carbonyl (C=O) groups excluding carboxylic acids is 1. The van der Waals surface area contributed by atoms with Crippen LogP contribution in [0.25, 0.3) is 0 Å². The molecule has 1 aliphatic rings. The van der Waals surface area contributed by atoms with Crippen LogP contribution >= 0.6 is 0 Å². The molecular weight excluding hydrogens is 283 g/mol. The third-order valence-electron chi connectivity index (χ3n) is 4.72. The van der Waals surface area contributed by atoms with Crippen molar-refractivity contribution in [3.05, 3.63) is 35.6 Å². The first kappa shape index (κ1) is 16.9. The number of hydrogen-bond donors (Lipinski definition) is 1. The third kappa shape index (κ3) is 4.05. The Bertz CT molecular complexity index is 523. The van der Waals surface area contributed by atoms with Gasteiger partial charge in [-0.15, -0.1) is 0 Å². The predicted molar refractivity (Wildman–Crippen MR) is 83.9 cm³/mol. The Morgan fingerprint density at radius 1 is 1.55 bits per heavy atom. The topological polar surface area (TPSA) is 43.8 Å². The number of aliphatic hydroxyl groups excluding tert-OH is 1. The second kappa shape index (κ2) is 7.20. The monoisotopic (exact) mass is 308 g/mol. The molecule has 1 aromatic rings. The predicted octanol–water partition coefficient (Wildman–Crippen LogP) is 2.19. The van der Waals surface area contributed by atoms with Crippen LogP contribution in [0.5, 0.6) is 0 Å². The van der Waals surface area contributed by atoms with Crippen molar-refractivity contribution in [3.8, 4) is 0 Å². The molecule has 0 bridgehead atoms. The number of aliphatic hydroxyl groups is 1. The summed E-state index contributed by atoms with van der Waals surface area (Å²) in [6.45, 7) is 3.13. The summed E-state index contributed by atoms with van der Waals surface area (Å²) < 4.78 is 13.2. The molecule has 0 aromatic heterocycles. The highest BCUT2D eigenvalue weighted by molar-refractivity contribution is 5.77. The van der Waals surface area contributed by atoms with Crippen molar-refractivity contribution >= 4 is 5.91 Å². The Balaban J connectivity index is 1.93. The molecule has 1 aliphatic heterocycles. The van der Waals surface area contributed by atoms with Crippen LogP contribution in [0.3, 0.4) is 0 Å². The molecule has 1 amide bonds. The maximum absolute atomic E-state index is 13.2. The van der Waals surface area contributed by atoms with E-state index in [1.165, 1.54) is 12.1 Å². The van der Waals surface area contributed by atoms with Crippen LogP contribution in [-0.2, 0) is 4.79 Å². The summed E-state index contributed by atoms with van der Waals surface area (Å²) in [5, 5.41) is 10.1. The van der Waals surface area contributed by atoms with E-state index in [2.05, 4.69) is 18.9 Å². The van der Waals surface area contributed by atoms with Crippen LogP contribution in [-0.4, -0.2) is 53.5 Å². The van der Waals surface area contributed by atoms with Gasteiger partial charge in [-0.05, 0) is 44.5 Å². The Hall–Kier alpha value is -1.46. The van der Waals surface area contributed by atoms with Gasteiger partial charge in [-0.1, -0.05) is 12.1 Å². The molecule has 1 heterocycles. The minimum Gasteiger partial charge on any atom is -0.388 e. The van der Waals surface area contributed by atoms with E-state index in [9.17, 15) is 14.3 Å². The normalized spacial score (nSPS) is 24.0. The molecule has 122 valence electrons. The summed E-state index contributed by atoms with van der Waals surface area (Å²) in [7, 11) is 3.89.